The molecule has 2 amide bonds. The number of piperidine rings is 1. The van der Waals surface area contributed by atoms with Crippen LogP contribution in [0.15, 0.2) is 30.3 Å². The minimum atomic E-state index is -0.0727. The van der Waals surface area contributed by atoms with Gasteiger partial charge in [0.2, 0.25) is 5.91 Å². The van der Waals surface area contributed by atoms with Crippen molar-refractivity contribution in [2.24, 2.45) is 11.7 Å². The molecule has 25 heavy (non-hydrogen) atoms. The largest absolute Gasteiger partial charge is 0.350 e. The molecule has 1 aliphatic carbocycles. The van der Waals surface area contributed by atoms with Crippen LogP contribution in [0.3, 0.4) is 0 Å². The molecule has 0 bridgehead atoms. The molecule has 1 aromatic rings. The lowest BCUT2D eigenvalue weighted by molar-refractivity contribution is -0.139. The number of hydrogen-bond donors (Lipinski definition) is 2. The lowest BCUT2D eigenvalue weighted by Crippen LogP contribution is -2.51. The summed E-state index contributed by atoms with van der Waals surface area (Å²) < 4.78 is 0. The Labute approximate surface area is 155 Å². The highest BCUT2D eigenvalue weighted by Crippen LogP contribution is 2.28. The number of carbonyl (C=O) groups is 2. The van der Waals surface area contributed by atoms with E-state index >= 15 is 0 Å². The van der Waals surface area contributed by atoms with Gasteiger partial charge in [-0.1, -0.05) is 18.2 Å². The zero-order chi connectivity index (χ0) is 16.9. The van der Waals surface area contributed by atoms with Gasteiger partial charge in [-0.3, -0.25) is 9.59 Å². The summed E-state index contributed by atoms with van der Waals surface area (Å²) in [5, 5.41) is 3.00. The highest BCUT2D eigenvalue weighted by molar-refractivity contribution is 5.94. The summed E-state index contributed by atoms with van der Waals surface area (Å²) in [5.74, 6) is 0.239. The topological polar surface area (TPSA) is 75.4 Å². The first-order chi connectivity index (χ1) is 11.6. The SMILES string of the molecule is Cl.NC1CCC(C(=O)N2CCCCC2CNC(=O)c2ccccc2)C1. The summed E-state index contributed by atoms with van der Waals surface area (Å²) in [5.41, 5.74) is 6.62. The van der Waals surface area contributed by atoms with Gasteiger partial charge in [-0.2, -0.15) is 0 Å². The Bertz CT molecular complexity index is 581. The van der Waals surface area contributed by atoms with E-state index in [1.165, 1.54) is 0 Å². The first-order valence-corrected chi connectivity index (χ1v) is 9.04. The van der Waals surface area contributed by atoms with Gasteiger partial charge in [0.1, 0.15) is 0 Å². The van der Waals surface area contributed by atoms with Crippen molar-refractivity contribution in [3.8, 4) is 0 Å². The van der Waals surface area contributed by atoms with Gasteiger partial charge in [-0.25, -0.2) is 0 Å². The zero-order valence-electron chi connectivity index (χ0n) is 14.5. The summed E-state index contributed by atoms with van der Waals surface area (Å²) in [4.78, 5) is 27.1. The van der Waals surface area contributed by atoms with Crippen molar-refractivity contribution in [2.75, 3.05) is 13.1 Å². The van der Waals surface area contributed by atoms with Gasteiger partial charge in [0, 0.05) is 36.7 Å². The molecule has 1 saturated carbocycles. The van der Waals surface area contributed by atoms with Crippen LogP contribution >= 0.6 is 12.4 Å². The van der Waals surface area contributed by atoms with Crippen LogP contribution < -0.4 is 11.1 Å². The van der Waals surface area contributed by atoms with Gasteiger partial charge >= 0.3 is 0 Å². The van der Waals surface area contributed by atoms with Crippen LogP contribution in [0, 0.1) is 5.92 Å². The molecule has 1 aromatic carbocycles. The molecule has 1 saturated heterocycles. The van der Waals surface area contributed by atoms with E-state index in [0.717, 1.165) is 45.1 Å². The van der Waals surface area contributed by atoms with Crippen LogP contribution in [0.25, 0.3) is 0 Å². The van der Waals surface area contributed by atoms with E-state index < -0.39 is 0 Å². The van der Waals surface area contributed by atoms with Gasteiger partial charge in [0.25, 0.3) is 5.91 Å². The molecule has 3 rings (SSSR count). The smallest absolute Gasteiger partial charge is 0.251 e. The second-order valence-corrected chi connectivity index (χ2v) is 7.03. The standard InChI is InChI=1S/C19H27N3O2.ClH/c20-16-10-9-15(12-16)19(24)22-11-5-4-8-17(22)13-21-18(23)14-6-2-1-3-7-14;/h1-3,6-7,15-17H,4-5,8-13,20H2,(H,21,23);1H. The Kier molecular flexibility index (Phi) is 7.26. The molecular formula is C19H28ClN3O2. The van der Waals surface area contributed by atoms with E-state index in [9.17, 15) is 9.59 Å². The third-order valence-corrected chi connectivity index (χ3v) is 5.27. The predicted octanol–water partition coefficient (Wildman–Crippen LogP) is 2.35. The number of carbonyl (C=O) groups excluding carboxylic acids is 2. The normalized spacial score (nSPS) is 26.0. The van der Waals surface area contributed by atoms with Gasteiger partial charge in [0.05, 0.1) is 0 Å². The molecule has 3 N–H and O–H groups in total. The fourth-order valence-electron chi connectivity index (χ4n) is 3.88. The fourth-order valence-corrected chi connectivity index (χ4v) is 3.88. The van der Waals surface area contributed by atoms with E-state index in [-0.39, 0.29) is 42.2 Å². The lowest BCUT2D eigenvalue weighted by Gasteiger charge is -2.37. The molecule has 1 heterocycles. The van der Waals surface area contributed by atoms with E-state index in [1.54, 1.807) is 12.1 Å². The van der Waals surface area contributed by atoms with Crippen molar-refractivity contribution in [1.29, 1.82) is 0 Å². The third-order valence-electron chi connectivity index (χ3n) is 5.27. The zero-order valence-corrected chi connectivity index (χ0v) is 15.3. The number of likely N-dealkylation sites (tertiary alicyclic amines) is 1. The lowest BCUT2D eigenvalue weighted by atomic mass is 9.98. The van der Waals surface area contributed by atoms with Crippen molar-refractivity contribution >= 4 is 24.2 Å². The molecular weight excluding hydrogens is 338 g/mol. The van der Waals surface area contributed by atoms with Crippen molar-refractivity contribution in [3.63, 3.8) is 0 Å². The Balaban J connectivity index is 0.00000225. The van der Waals surface area contributed by atoms with Crippen LogP contribution in [-0.2, 0) is 4.79 Å². The quantitative estimate of drug-likeness (QED) is 0.859. The predicted molar refractivity (Wildman–Crippen MR) is 101 cm³/mol. The molecule has 0 radical (unpaired) electrons. The van der Waals surface area contributed by atoms with Crippen LogP contribution in [-0.4, -0.2) is 41.9 Å². The van der Waals surface area contributed by atoms with Gasteiger partial charge in [0.15, 0.2) is 0 Å². The molecule has 2 fully saturated rings. The summed E-state index contributed by atoms with van der Waals surface area (Å²) in [6.45, 7) is 1.33. The van der Waals surface area contributed by atoms with Crippen molar-refractivity contribution in [3.05, 3.63) is 35.9 Å². The van der Waals surface area contributed by atoms with Crippen LogP contribution in [0.2, 0.25) is 0 Å². The number of amides is 2. The molecule has 0 spiro atoms. The highest BCUT2D eigenvalue weighted by Gasteiger charge is 2.35. The van der Waals surface area contributed by atoms with E-state index in [2.05, 4.69) is 5.32 Å². The van der Waals surface area contributed by atoms with Gasteiger partial charge in [-0.15, -0.1) is 12.4 Å². The van der Waals surface area contributed by atoms with Crippen LogP contribution in [0.1, 0.15) is 48.9 Å². The molecule has 0 aromatic heterocycles. The fraction of sp³-hybridized carbons (Fsp3) is 0.579. The average Bonchev–Trinajstić information content (AvgIpc) is 3.06. The van der Waals surface area contributed by atoms with Gasteiger partial charge in [-0.05, 0) is 50.7 Å². The summed E-state index contributed by atoms with van der Waals surface area (Å²) in [7, 11) is 0. The van der Waals surface area contributed by atoms with Crippen molar-refractivity contribution < 1.29 is 9.59 Å². The van der Waals surface area contributed by atoms with Crippen LogP contribution in [0.4, 0.5) is 0 Å². The van der Waals surface area contributed by atoms with E-state index in [4.69, 9.17) is 5.73 Å². The maximum atomic E-state index is 12.8. The molecule has 6 heteroatoms. The summed E-state index contributed by atoms with van der Waals surface area (Å²) in [6.07, 6.45) is 5.77. The first-order valence-electron chi connectivity index (χ1n) is 9.04. The highest BCUT2D eigenvalue weighted by atomic mass is 35.5. The van der Waals surface area contributed by atoms with Crippen LogP contribution in [0.5, 0.6) is 0 Å². The molecule has 2 aliphatic rings. The number of nitrogens with one attached hydrogen (secondary N) is 1. The molecule has 3 unspecified atom stereocenters. The second-order valence-electron chi connectivity index (χ2n) is 7.03. The Morgan fingerprint density at radius 1 is 1.12 bits per heavy atom. The second kappa shape index (κ2) is 9.20. The third kappa shape index (κ3) is 4.95. The number of rotatable bonds is 4. The van der Waals surface area contributed by atoms with Gasteiger partial charge < -0.3 is 16.0 Å². The number of hydrogen-bond acceptors (Lipinski definition) is 3. The number of benzene rings is 1. The van der Waals surface area contributed by atoms with Crippen molar-refractivity contribution in [1.82, 2.24) is 10.2 Å². The molecule has 3 atom stereocenters. The maximum absolute atomic E-state index is 12.8. The molecule has 1 aliphatic heterocycles. The number of halogens is 1. The Morgan fingerprint density at radius 3 is 2.56 bits per heavy atom. The molecule has 138 valence electrons. The first kappa shape index (κ1) is 19.7. The van der Waals surface area contributed by atoms with E-state index in [0.29, 0.717) is 12.1 Å². The Hall–Kier alpha value is -1.59. The average molecular weight is 366 g/mol. The monoisotopic (exact) mass is 365 g/mol. The summed E-state index contributed by atoms with van der Waals surface area (Å²) >= 11 is 0. The minimum absolute atomic E-state index is 0. The number of nitrogens with two attached hydrogens (primary N) is 1. The maximum Gasteiger partial charge on any atom is 0.251 e. The number of nitrogens with zero attached hydrogens (tertiary/aromatic N) is 1. The molecule has 5 nitrogen and oxygen atoms in total. The minimum Gasteiger partial charge on any atom is -0.350 e. The van der Waals surface area contributed by atoms with Crippen molar-refractivity contribution in [2.45, 2.75) is 50.6 Å². The Morgan fingerprint density at radius 2 is 1.88 bits per heavy atom. The van der Waals surface area contributed by atoms with E-state index in [1.807, 2.05) is 23.1 Å². The summed E-state index contributed by atoms with van der Waals surface area (Å²) in [6, 6.07) is 9.49.